The number of carbonyl (C=O) groups excluding carboxylic acids is 3. The van der Waals surface area contributed by atoms with Crippen LogP contribution in [-0.2, 0) is 42.9 Å². The van der Waals surface area contributed by atoms with Gasteiger partial charge in [0.15, 0.2) is 24.6 Å². The van der Waals surface area contributed by atoms with Gasteiger partial charge in [0.2, 0.25) is 0 Å². The van der Waals surface area contributed by atoms with Crippen molar-refractivity contribution in [2.45, 2.75) is 263 Å². The molecule has 0 bridgehead atoms. The Balaban J connectivity index is 2.74. The molecule has 0 aliphatic carbocycles. The van der Waals surface area contributed by atoms with Crippen LogP contribution in [0.3, 0.4) is 0 Å². The van der Waals surface area contributed by atoms with Gasteiger partial charge in [-0.1, -0.05) is 224 Å². The van der Waals surface area contributed by atoms with Crippen LogP contribution in [0.1, 0.15) is 226 Å². The number of aliphatic hydroxyl groups excluding tert-OH is 2. The minimum Gasteiger partial charge on any atom is -0.479 e. The molecule has 6 unspecified atom stereocenters. The summed E-state index contributed by atoms with van der Waals surface area (Å²) in [5, 5.41) is 31.6. The summed E-state index contributed by atoms with van der Waals surface area (Å²) < 4.78 is 28.4. The van der Waals surface area contributed by atoms with Crippen molar-refractivity contribution < 1.29 is 58.2 Å². The number of hydrogen-bond acceptors (Lipinski definition) is 11. The van der Waals surface area contributed by atoms with Crippen LogP contribution in [0.5, 0.6) is 0 Å². The first-order valence-electron chi connectivity index (χ1n) is 31.8. The summed E-state index contributed by atoms with van der Waals surface area (Å²) in [6.07, 6.45) is 69.6. The van der Waals surface area contributed by atoms with E-state index in [0.29, 0.717) is 25.7 Å². The van der Waals surface area contributed by atoms with Crippen molar-refractivity contribution in [3.05, 3.63) is 146 Å². The van der Waals surface area contributed by atoms with Crippen LogP contribution in [0.4, 0.5) is 0 Å². The molecule has 0 amide bonds. The molecule has 0 radical (unpaired) electrons. The van der Waals surface area contributed by atoms with Crippen LogP contribution in [0.15, 0.2) is 146 Å². The molecule has 466 valence electrons. The lowest BCUT2D eigenvalue weighted by atomic mass is 9.98. The van der Waals surface area contributed by atoms with Crippen LogP contribution in [0.25, 0.3) is 0 Å². The average Bonchev–Trinajstić information content (AvgIpc) is 3.57. The molecule has 1 fully saturated rings. The molecule has 12 heteroatoms. The van der Waals surface area contributed by atoms with Crippen molar-refractivity contribution in [1.29, 1.82) is 0 Å². The first-order valence-corrected chi connectivity index (χ1v) is 31.8. The molecule has 6 atom stereocenters. The second kappa shape index (κ2) is 57.1. The third kappa shape index (κ3) is 46.6. The number of carbonyl (C=O) groups is 4. The maximum absolute atomic E-state index is 13.2. The Morgan fingerprint density at radius 1 is 0.410 bits per heavy atom. The summed E-state index contributed by atoms with van der Waals surface area (Å²) in [5.74, 6) is -3.29. The van der Waals surface area contributed by atoms with Crippen molar-refractivity contribution >= 4 is 23.9 Å². The van der Waals surface area contributed by atoms with Gasteiger partial charge in [-0.2, -0.15) is 0 Å². The van der Waals surface area contributed by atoms with E-state index in [4.69, 9.17) is 23.7 Å². The molecule has 1 rings (SSSR count). The van der Waals surface area contributed by atoms with Gasteiger partial charge in [-0.25, -0.2) is 4.79 Å². The quantitative estimate of drug-likeness (QED) is 0.0228. The van der Waals surface area contributed by atoms with Crippen LogP contribution in [0, 0.1) is 0 Å². The number of aliphatic carboxylic acids is 1. The molecule has 1 saturated heterocycles. The van der Waals surface area contributed by atoms with E-state index in [1.54, 1.807) is 0 Å². The molecule has 0 saturated carbocycles. The fraction of sp³-hybridized carbons (Fsp3) is 0.606. The van der Waals surface area contributed by atoms with E-state index in [1.165, 1.54) is 19.3 Å². The molecule has 1 aliphatic rings. The molecule has 0 aromatic carbocycles. The van der Waals surface area contributed by atoms with E-state index in [-0.39, 0.29) is 25.9 Å². The Morgan fingerprint density at radius 2 is 0.783 bits per heavy atom. The van der Waals surface area contributed by atoms with Crippen LogP contribution >= 0.6 is 0 Å². The van der Waals surface area contributed by atoms with Gasteiger partial charge in [0.25, 0.3) is 0 Å². The topological polar surface area (TPSA) is 175 Å². The van der Waals surface area contributed by atoms with Crippen molar-refractivity contribution in [1.82, 2.24) is 0 Å². The van der Waals surface area contributed by atoms with E-state index in [2.05, 4.69) is 154 Å². The molecule has 0 aromatic rings. The highest BCUT2D eigenvalue weighted by Gasteiger charge is 2.50. The summed E-state index contributed by atoms with van der Waals surface area (Å²) in [5.41, 5.74) is 0. The number of carboxylic acids is 1. The van der Waals surface area contributed by atoms with Crippen molar-refractivity contribution in [2.24, 2.45) is 0 Å². The van der Waals surface area contributed by atoms with Crippen LogP contribution in [0.2, 0.25) is 0 Å². The number of carboxylic acid groups (broad SMARTS) is 1. The van der Waals surface area contributed by atoms with E-state index in [1.807, 2.05) is 12.2 Å². The zero-order valence-electron chi connectivity index (χ0n) is 51.4. The number of esters is 3. The largest absolute Gasteiger partial charge is 0.479 e. The van der Waals surface area contributed by atoms with Gasteiger partial charge in [0.05, 0.1) is 6.61 Å². The highest BCUT2D eigenvalue weighted by atomic mass is 16.7. The first-order chi connectivity index (χ1) is 40.6. The van der Waals surface area contributed by atoms with Crippen LogP contribution in [-0.4, -0.2) is 89.2 Å². The van der Waals surface area contributed by atoms with Gasteiger partial charge in [-0.05, 0) is 128 Å². The lowest BCUT2D eigenvalue weighted by molar-refractivity contribution is -0.301. The summed E-state index contributed by atoms with van der Waals surface area (Å²) in [7, 11) is 0. The SMILES string of the molecule is CC/C=C\C/C=C\C/C=C\C/C=C\C/C=C\C/C=C\CCC(=O)OCC(COC1OC(C(=O)O)C(O)C(O)C1OC(=O)CCCCCCCC/C=C\C/C=C\C/C=C\CCCCC)OC(=O)CCCCCCC/C=C\C/C=C\C/C=C\CC. The number of rotatable bonds is 52. The van der Waals surface area contributed by atoms with E-state index >= 15 is 0 Å². The third-order valence-corrected chi connectivity index (χ3v) is 13.4. The molecule has 1 aliphatic heterocycles. The summed E-state index contributed by atoms with van der Waals surface area (Å²) in [6.45, 7) is 5.65. The summed E-state index contributed by atoms with van der Waals surface area (Å²) in [4.78, 5) is 51.3. The maximum Gasteiger partial charge on any atom is 0.335 e. The molecule has 0 spiro atoms. The highest BCUT2D eigenvalue weighted by molar-refractivity contribution is 5.74. The predicted octanol–water partition coefficient (Wildman–Crippen LogP) is 17.1. The van der Waals surface area contributed by atoms with E-state index < -0.39 is 67.3 Å². The minimum atomic E-state index is -1.93. The van der Waals surface area contributed by atoms with Crippen LogP contribution < -0.4 is 0 Å². The molecule has 0 aromatic heterocycles. The Morgan fingerprint density at radius 3 is 1.20 bits per heavy atom. The Hall–Kier alpha value is -5.40. The van der Waals surface area contributed by atoms with Gasteiger partial charge >= 0.3 is 23.9 Å². The third-order valence-electron chi connectivity index (χ3n) is 13.4. The number of hydrogen-bond donors (Lipinski definition) is 3. The summed E-state index contributed by atoms with van der Waals surface area (Å²) >= 11 is 0. The van der Waals surface area contributed by atoms with Gasteiger partial charge < -0.3 is 39.0 Å². The fourth-order valence-electron chi connectivity index (χ4n) is 8.59. The van der Waals surface area contributed by atoms with Gasteiger partial charge in [0.1, 0.15) is 18.8 Å². The maximum atomic E-state index is 13.2. The zero-order valence-corrected chi connectivity index (χ0v) is 51.4. The number of aliphatic hydroxyl groups is 2. The predicted molar refractivity (Wildman–Crippen MR) is 339 cm³/mol. The van der Waals surface area contributed by atoms with Gasteiger partial charge in [-0.3, -0.25) is 14.4 Å². The van der Waals surface area contributed by atoms with Gasteiger partial charge in [0, 0.05) is 19.3 Å². The first kappa shape index (κ1) is 75.6. The lowest BCUT2D eigenvalue weighted by Gasteiger charge is -2.40. The number of allylic oxidation sites excluding steroid dienone is 24. The molecule has 83 heavy (non-hydrogen) atoms. The second-order valence-corrected chi connectivity index (χ2v) is 20.9. The molecule has 1 heterocycles. The number of ether oxygens (including phenoxy) is 5. The van der Waals surface area contributed by atoms with Crippen molar-refractivity contribution in [2.75, 3.05) is 13.2 Å². The Labute approximate surface area is 502 Å². The standard InChI is InChI=1S/C71H110O12/c1-4-7-10-13-16-19-22-25-28-30-32-34-37-39-42-45-48-51-54-57-63(72)79-60-62(81-64(73)58-55-52-49-46-43-40-36-27-24-21-18-15-12-9-6-3)61-80-71-69(67(76)66(75)68(83-71)70(77)78)82-65(74)59-56-53-50-47-44-41-38-35-33-31-29-26-23-20-17-14-11-8-5-2/h7,9-10,12,16-21,25-29,32-36,39,42,48,51,62,66-69,71,75-76H,4-6,8,11,13-15,22-24,30-31,37-38,40-41,43-47,49-50,52-61H2,1-3H3,(H,77,78)/b10-7-,12-9-,19-16-,20-17-,21-18-,28-25-,29-26-,34-32-,35-33-,36-27-,42-39-,51-48-. The van der Waals surface area contributed by atoms with Crippen molar-refractivity contribution in [3.63, 3.8) is 0 Å². The molecule has 12 nitrogen and oxygen atoms in total. The Kier molecular flexibility index (Phi) is 52.0. The highest BCUT2D eigenvalue weighted by Crippen LogP contribution is 2.26. The molecular formula is C71H110O12. The second-order valence-electron chi connectivity index (χ2n) is 20.9. The van der Waals surface area contributed by atoms with E-state index in [9.17, 15) is 34.5 Å². The average molecular weight is 1160 g/mol. The van der Waals surface area contributed by atoms with E-state index in [0.717, 1.165) is 141 Å². The number of unbranched alkanes of at least 4 members (excludes halogenated alkanes) is 14. The summed E-state index contributed by atoms with van der Waals surface area (Å²) in [6, 6.07) is 0. The minimum absolute atomic E-state index is 0.0283. The zero-order chi connectivity index (χ0) is 60.3. The molecular weight excluding hydrogens is 1040 g/mol. The van der Waals surface area contributed by atoms with Crippen molar-refractivity contribution in [3.8, 4) is 0 Å². The fourth-order valence-corrected chi connectivity index (χ4v) is 8.59. The normalized spacial score (nSPS) is 18.6. The Bertz CT molecular complexity index is 2000. The lowest BCUT2D eigenvalue weighted by Crippen LogP contribution is -2.61. The monoisotopic (exact) mass is 1150 g/mol. The molecule has 3 N–H and O–H groups in total. The smallest absolute Gasteiger partial charge is 0.335 e. The van der Waals surface area contributed by atoms with Gasteiger partial charge in [-0.15, -0.1) is 0 Å².